The van der Waals surface area contributed by atoms with Gasteiger partial charge in [0, 0.05) is 23.7 Å². The summed E-state index contributed by atoms with van der Waals surface area (Å²) in [5.41, 5.74) is 14.8. The molecule has 1 aliphatic heterocycles. The van der Waals surface area contributed by atoms with Crippen LogP contribution in [0.5, 0.6) is 0 Å². The van der Waals surface area contributed by atoms with Crippen molar-refractivity contribution in [1.82, 2.24) is 4.90 Å². The minimum absolute atomic E-state index is 0.251. The smallest absolute Gasteiger partial charge is 0.192 e. The minimum atomic E-state index is -0.251. The average molecular weight is 314 g/mol. The molecule has 0 amide bonds. The number of hydrogen-bond acceptors (Lipinski definition) is 5. The van der Waals surface area contributed by atoms with Crippen molar-refractivity contribution < 1.29 is 0 Å². The highest BCUT2D eigenvalue weighted by molar-refractivity contribution is 7.10. The molecular weight excluding hydrogens is 292 g/mol. The van der Waals surface area contributed by atoms with Crippen LogP contribution in [-0.2, 0) is 5.54 Å². The molecule has 116 valence electrons. The zero-order valence-corrected chi connectivity index (χ0v) is 14.0. The van der Waals surface area contributed by atoms with E-state index >= 15 is 0 Å². The third-order valence-electron chi connectivity index (χ3n) is 4.43. The molecule has 0 spiro atoms. The number of nitrogens with zero attached hydrogens (tertiary/aromatic N) is 2. The maximum Gasteiger partial charge on any atom is 0.192 e. The summed E-state index contributed by atoms with van der Waals surface area (Å²) in [6.07, 6.45) is 0.959. The SMILES string of the molecule is CC1C[C@@](C)(c2cc(-c3cccc(N)c3)cs2)N=C(N)N1C. The van der Waals surface area contributed by atoms with E-state index in [9.17, 15) is 0 Å². The molecule has 3 rings (SSSR count). The van der Waals surface area contributed by atoms with Gasteiger partial charge >= 0.3 is 0 Å². The Morgan fingerprint density at radius 1 is 1.27 bits per heavy atom. The van der Waals surface area contributed by atoms with Crippen LogP contribution in [0.3, 0.4) is 0 Å². The first-order valence-electron chi connectivity index (χ1n) is 7.42. The Kier molecular flexibility index (Phi) is 3.60. The lowest BCUT2D eigenvalue weighted by Gasteiger charge is -2.39. The van der Waals surface area contributed by atoms with Crippen LogP contribution in [0.15, 0.2) is 40.7 Å². The Hall–Kier alpha value is -2.01. The van der Waals surface area contributed by atoms with E-state index in [1.54, 1.807) is 11.3 Å². The first-order chi connectivity index (χ1) is 10.4. The molecule has 22 heavy (non-hydrogen) atoms. The van der Waals surface area contributed by atoms with Crippen LogP contribution in [-0.4, -0.2) is 23.9 Å². The van der Waals surface area contributed by atoms with Gasteiger partial charge in [0.1, 0.15) is 0 Å². The van der Waals surface area contributed by atoms with Crippen molar-refractivity contribution in [3.05, 3.63) is 40.6 Å². The van der Waals surface area contributed by atoms with Crippen molar-refractivity contribution in [1.29, 1.82) is 0 Å². The lowest BCUT2D eigenvalue weighted by molar-refractivity contribution is 0.265. The summed E-state index contributed by atoms with van der Waals surface area (Å²) in [5, 5.41) is 2.17. The van der Waals surface area contributed by atoms with E-state index < -0.39 is 0 Å². The molecule has 2 atom stereocenters. The highest BCUT2D eigenvalue weighted by atomic mass is 32.1. The summed E-state index contributed by atoms with van der Waals surface area (Å²) in [5.74, 6) is 0.611. The van der Waals surface area contributed by atoms with E-state index in [1.165, 1.54) is 10.4 Å². The summed E-state index contributed by atoms with van der Waals surface area (Å²) in [7, 11) is 2.00. The Balaban J connectivity index is 1.97. The van der Waals surface area contributed by atoms with E-state index in [1.807, 2.05) is 30.1 Å². The monoisotopic (exact) mass is 314 g/mol. The van der Waals surface area contributed by atoms with Gasteiger partial charge in [-0.15, -0.1) is 11.3 Å². The predicted octanol–water partition coefficient (Wildman–Crippen LogP) is 3.25. The number of rotatable bonds is 2. The van der Waals surface area contributed by atoms with Crippen LogP contribution < -0.4 is 11.5 Å². The number of hydrogen-bond donors (Lipinski definition) is 2. The maximum absolute atomic E-state index is 6.08. The second-order valence-corrected chi connectivity index (χ2v) is 7.14. The fraction of sp³-hybridized carbons (Fsp3) is 0.353. The molecule has 0 bridgehead atoms. The normalized spacial score (nSPS) is 25.1. The highest BCUT2D eigenvalue weighted by Gasteiger charge is 2.36. The molecule has 1 aromatic carbocycles. The minimum Gasteiger partial charge on any atom is -0.399 e. The molecule has 0 radical (unpaired) electrons. The Morgan fingerprint density at radius 3 is 2.73 bits per heavy atom. The number of thiophene rings is 1. The van der Waals surface area contributed by atoms with Gasteiger partial charge in [0.15, 0.2) is 5.96 Å². The first kappa shape index (κ1) is 14.9. The van der Waals surface area contributed by atoms with Crippen LogP contribution >= 0.6 is 11.3 Å². The lowest BCUT2D eigenvalue weighted by atomic mass is 9.90. The second kappa shape index (κ2) is 5.32. The van der Waals surface area contributed by atoms with Crippen LogP contribution in [0.1, 0.15) is 25.1 Å². The molecule has 1 aromatic heterocycles. The zero-order valence-electron chi connectivity index (χ0n) is 13.2. The first-order valence-corrected chi connectivity index (χ1v) is 8.30. The number of aliphatic imine (C=N–C) groups is 1. The van der Waals surface area contributed by atoms with Gasteiger partial charge in [-0.25, -0.2) is 4.99 Å². The molecule has 1 unspecified atom stereocenters. The fourth-order valence-electron chi connectivity index (χ4n) is 2.96. The third-order valence-corrected chi connectivity index (χ3v) is 5.61. The van der Waals surface area contributed by atoms with Crippen molar-refractivity contribution >= 4 is 23.0 Å². The third kappa shape index (κ3) is 2.57. The van der Waals surface area contributed by atoms with E-state index in [0.29, 0.717) is 12.0 Å². The van der Waals surface area contributed by atoms with Gasteiger partial charge in [0.05, 0.1) is 5.54 Å². The van der Waals surface area contributed by atoms with Gasteiger partial charge < -0.3 is 16.4 Å². The topological polar surface area (TPSA) is 67.6 Å². The van der Waals surface area contributed by atoms with Crippen LogP contribution in [0.4, 0.5) is 5.69 Å². The number of nitrogen functional groups attached to an aromatic ring is 1. The van der Waals surface area contributed by atoms with Crippen molar-refractivity contribution in [3.63, 3.8) is 0 Å². The van der Waals surface area contributed by atoms with Gasteiger partial charge in [0.25, 0.3) is 0 Å². The maximum atomic E-state index is 6.08. The summed E-state index contributed by atoms with van der Waals surface area (Å²) >= 11 is 1.74. The van der Waals surface area contributed by atoms with E-state index in [2.05, 4.69) is 31.4 Å². The van der Waals surface area contributed by atoms with Crippen LogP contribution in [0, 0.1) is 0 Å². The molecule has 0 saturated carbocycles. The number of nitrogens with two attached hydrogens (primary N) is 2. The van der Waals surface area contributed by atoms with Gasteiger partial charge in [-0.3, -0.25) is 0 Å². The summed E-state index contributed by atoms with van der Waals surface area (Å²) < 4.78 is 0. The summed E-state index contributed by atoms with van der Waals surface area (Å²) in [4.78, 5) is 8.03. The van der Waals surface area contributed by atoms with Crippen molar-refractivity contribution in [2.75, 3.05) is 12.8 Å². The van der Waals surface area contributed by atoms with Crippen LogP contribution in [0.2, 0.25) is 0 Å². The molecule has 2 heterocycles. The fourth-order valence-corrected chi connectivity index (χ4v) is 4.00. The Labute approximate surface area is 135 Å². The largest absolute Gasteiger partial charge is 0.399 e. The molecular formula is C17H22N4S. The molecule has 2 aromatic rings. The van der Waals surface area contributed by atoms with Gasteiger partial charge in [-0.05, 0) is 55.0 Å². The quantitative estimate of drug-likeness (QED) is 0.836. The Morgan fingerprint density at radius 2 is 2.05 bits per heavy atom. The molecule has 1 aliphatic rings. The highest BCUT2D eigenvalue weighted by Crippen LogP contribution is 2.40. The number of benzene rings is 1. The summed E-state index contributed by atoms with van der Waals surface area (Å²) in [6, 6.07) is 10.6. The molecule has 0 fully saturated rings. The van der Waals surface area contributed by atoms with Crippen molar-refractivity contribution in [3.8, 4) is 11.1 Å². The second-order valence-electron chi connectivity index (χ2n) is 6.23. The van der Waals surface area contributed by atoms with Crippen molar-refractivity contribution in [2.24, 2.45) is 10.7 Å². The van der Waals surface area contributed by atoms with E-state index in [4.69, 9.17) is 16.5 Å². The van der Waals surface area contributed by atoms with Crippen molar-refractivity contribution in [2.45, 2.75) is 31.8 Å². The molecule has 5 heteroatoms. The molecule has 4 nitrogen and oxygen atoms in total. The van der Waals surface area contributed by atoms with E-state index in [-0.39, 0.29) is 5.54 Å². The molecule has 0 aliphatic carbocycles. The zero-order chi connectivity index (χ0) is 15.9. The number of anilines is 1. The Bertz CT molecular complexity index is 721. The molecule has 4 N–H and O–H groups in total. The van der Waals surface area contributed by atoms with Gasteiger partial charge in [-0.1, -0.05) is 12.1 Å². The predicted molar refractivity (Wildman–Crippen MR) is 95.0 cm³/mol. The molecule has 0 saturated heterocycles. The van der Waals surface area contributed by atoms with E-state index in [0.717, 1.165) is 17.7 Å². The van der Waals surface area contributed by atoms with Gasteiger partial charge in [0.2, 0.25) is 0 Å². The van der Waals surface area contributed by atoms with Crippen LogP contribution in [0.25, 0.3) is 11.1 Å². The standard InChI is InChI=1S/C17H22N4S/c1-11-9-17(2,20-16(19)21(11)3)15-8-13(10-22-15)12-5-4-6-14(18)7-12/h4-8,10-11H,9,18H2,1-3H3,(H2,19,20)/t11?,17-/m0/s1. The summed E-state index contributed by atoms with van der Waals surface area (Å²) in [6.45, 7) is 4.35. The number of guanidine groups is 1. The van der Waals surface area contributed by atoms with Gasteiger partial charge in [-0.2, -0.15) is 0 Å². The average Bonchev–Trinajstić information content (AvgIpc) is 2.95. The lowest BCUT2D eigenvalue weighted by Crippen LogP contribution is -2.48.